The van der Waals surface area contributed by atoms with E-state index in [2.05, 4.69) is 4.98 Å². The molecule has 25 heavy (non-hydrogen) atoms. The van der Waals surface area contributed by atoms with Crippen molar-refractivity contribution in [1.82, 2.24) is 9.55 Å². The third kappa shape index (κ3) is 3.09. The third-order valence-electron chi connectivity index (χ3n) is 4.20. The quantitative estimate of drug-likeness (QED) is 0.666. The standard InChI is InChI=1S/C19H20N2O3S/c1-5-24-19(23)12(3)21-10-20-17-16(18(21)22)15(13(4)25-17)14-8-6-11(2)7-9-14/h6-10,12H,5H2,1-4H3/t12-/m0/s1. The summed E-state index contributed by atoms with van der Waals surface area (Å²) in [6.45, 7) is 7.68. The van der Waals surface area contributed by atoms with Gasteiger partial charge in [0.15, 0.2) is 0 Å². The second-order valence-electron chi connectivity index (χ2n) is 5.96. The Kier molecular flexibility index (Phi) is 4.72. The number of thiophene rings is 1. The lowest BCUT2D eigenvalue weighted by atomic mass is 10.0. The molecule has 0 aliphatic heterocycles. The van der Waals surface area contributed by atoms with Crippen LogP contribution in [0, 0.1) is 13.8 Å². The van der Waals surface area contributed by atoms with Crippen LogP contribution in [0.2, 0.25) is 0 Å². The molecule has 0 bridgehead atoms. The molecule has 0 N–H and O–H groups in total. The number of ether oxygens (including phenoxy) is 1. The van der Waals surface area contributed by atoms with Crippen molar-refractivity contribution in [2.45, 2.75) is 33.7 Å². The van der Waals surface area contributed by atoms with Crippen LogP contribution in [0.15, 0.2) is 35.4 Å². The van der Waals surface area contributed by atoms with Crippen LogP contribution in [0.25, 0.3) is 21.3 Å². The van der Waals surface area contributed by atoms with Gasteiger partial charge in [0.2, 0.25) is 0 Å². The summed E-state index contributed by atoms with van der Waals surface area (Å²) in [6.07, 6.45) is 1.43. The van der Waals surface area contributed by atoms with E-state index in [9.17, 15) is 9.59 Å². The van der Waals surface area contributed by atoms with Crippen molar-refractivity contribution in [1.29, 1.82) is 0 Å². The predicted molar refractivity (Wildman–Crippen MR) is 100 cm³/mol. The minimum absolute atomic E-state index is 0.217. The van der Waals surface area contributed by atoms with Gasteiger partial charge in [-0.25, -0.2) is 9.78 Å². The molecule has 0 radical (unpaired) electrons. The number of aromatic nitrogens is 2. The Hall–Kier alpha value is -2.47. The fraction of sp³-hybridized carbons (Fsp3) is 0.316. The van der Waals surface area contributed by atoms with E-state index in [0.29, 0.717) is 10.2 Å². The molecule has 0 aliphatic rings. The largest absolute Gasteiger partial charge is 0.464 e. The number of fused-ring (bicyclic) bond motifs is 1. The van der Waals surface area contributed by atoms with Crippen LogP contribution in [0.5, 0.6) is 0 Å². The van der Waals surface area contributed by atoms with E-state index in [1.807, 2.05) is 38.1 Å². The first-order valence-electron chi connectivity index (χ1n) is 8.18. The van der Waals surface area contributed by atoms with Gasteiger partial charge < -0.3 is 4.74 Å². The highest BCUT2D eigenvalue weighted by Gasteiger charge is 2.22. The molecule has 2 aromatic heterocycles. The van der Waals surface area contributed by atoms with Crippen molar-refractivity contribution in [3.8, 4) is 11.1 Å². The minimum Gasteiger partial charge on any atom is -0.464 e. The summed E-state index contributed by atoms with van der Waals surface area (Å²) in [4.78, 5) is 31.2. The predicted octanol–water partition coefficient (Wildman–Crippen LogP) is 3.87. The van der Waals surface area contributed by atoms with E-state index in [1.165, 1.54) is 22.2 Å². The monoisotopic (exact) mass is 356 g/mol. The zero-order chi connectivity index (χ0) is 18.1. The number of aryl methyl sites for hydroxylation is 2. The Morgan fingerprint density at radius 3 is 2.60 bits per heavy atom. The molecule has 0 fully saturated rings. The molecule has 0 amide bonds. The van der Waals surface area contributed by atoms with Gasteiger partial charge in [0.05, 0.1) is 18.3 Å². The summed E-state index contributed by atoms with van der Waals surface area (Å²) >= 11 is 1.49. The zero-order valence-corrected chi connectivity index (χ0v) is 15.5. The first-order valence-corrected chi connectivity index (χ1v) is 8.99. The summed E-state index contributed by atoms with van der Waals surface area (Å²) < 4.78 is 6.39. The normalized spacial score (nSPS) is 12.3. The Labute approximate surface area is 149 Å². The number of esters is 1. The zero-order valence-electron chi connectivity index (χ0n) is 14.7. The average Bonchev–Trinajstić information content (AvgIpc) is 2.92. The highest BCUT2D eigenvalue weighted by Crippen LogP contribution is 2.35. The molecule has 0 unspecified atom stereocenters. The van der Waals surface area contributed by atoms with Gasteiger partial charge in [-0.05, 0) is 33.3 Å². The van der Waals surface area contributed by atoms with Gasteiger partial charge in [0.1, 0.15) is 10.9 Å². The molecule has 5 nitrogen and oxygen atoms in total. The van der Waals surface area contributed by atoms with Gasteiger partial charge in [-0.2, -0.15) is 0 Å². The highest BCUT2D eigenvalue weighted by molar-refractivity contribution is 7.19. The summed E-state index contributed by atoms with van der Waals surface area (Å²) in [5.41, 5.74) is 2.82. The second-order valence-corrected chi connectivity index (χ2v) is 7.17. The molecular weight excluding hydrogens is 336 g/mol. The van der Waals surface area contributed by atoms with Crippen molar-refractivity contribution in [2.24, 2.45) is 0 Å². The van der Waals surface area contributed by atoms with Crippen molar-refractivity contribution in [3.63, 3.8) is 0 Å². The van der Waals surface area contributed by atoms with E-state index < -0.39 is 12.0 Å². The molecular formula is C19H20N2O3S. The van der Waals surface area contributed by atoms with E-state index >= 15 is 0 Å². The van der Waals surface area contributed by atoms with Crippen molar-refractivity contribution < 1.29 is 9.53 Å². The fourth-order valence-corrected chi connectivity index (χ4v) is 3.84. The van der Waals surface area contributed by atoms with Crippen LogP contribution in [0.4, 0.5) is 0 Å². The number of carbonyl (C=O) groups excluding carboxylic acids is 1. The summed E-state index contributed by atoms with van der Waals surface area (Å²) in [5.74, 6) is -0.436. The lowest BCUT2D eigenvalue weighted by molar-refractivity contribution is -0.146. The number of rotatable bonds is 4. The van der Waals surface area contributed by atoms with Crippen LogP contribution in [-0.4, -0.2) is 22.1 Å². The van der Waals surface area contributed by atoms with Crippen LogP contribution in [0.1, 0.15) is 30.3 Å². The molecule has 1 aromatic carbocycles. The Bertz CT molecular complexity index is 986. The van der Waals surface area contributed by atoms with Crippen LogP contribution >= 0.6 is 11.3 Å². The minimum atomic E-state index is -0.713. The molecule has 3 rings (SSSR count). The van der Waals surface area contributed by atoms with Gasteiger partial charge in [0, 0.05) is 10.4 Å². The van der Waals surface area contributed by atoms with Gasteiger partial charge in [-0.1, -0.05) is 29.8 Å². The number of benzene rings is 1. The van der Waals surface area contributed by atoms with Gasteiger partial charge in [-0.3, -0.25) is 9.36 Å². The molecule has 0 spiro atoms. The smallest absolute Gasteiger partial charge is 0.328 e. The third-order valence-corrected chi connectivity index (χ3v) is 5.21. The van der Waals surface area contributed by atoms with E-state index in [4.69, 9.17) is 4.74 Å². The number of hydrogen-bond acceptors (Lipinski definition) is 5. The Balaban J connectivity index is 2.21. The van der Waals surface area contributed by atoms with E-state index in [-0.39, 0.29) is 12.2 Å². The highest BCUT2D eigenvalue weighted by atomic mass is 32.1. The second kappa shape index (κ2) is 6.80. The van der Waals surface area contributed by atoms with Crippen LogP contribution < -0.4 is 5.56 Å². The molecule has 0 saturated heterocycles. The summed E-state index contributed by atoms with van der Waals surface area (Å²) in [6, 6.07) is 7.35. The van der Waals surface area contributed by atoms with Gasteiger partial charge in [-0.15, -0.1) is 11.3 Å². The van der Waals surface area contributed by atoms with E-state index in [0.717, 1.165) is 21.6 Å². The molecule has 1 atom stereocenters. The molecule has 0 saturated carbocycles. The maximum atomic E-state index is 13.1. The fourth-order valence-electron chi connectivity index (χ4n) is 2.84. The van der Waals surface area contributed by atoms with Crippen molar-refractivity contribution in [3.05, 3.63) is 51.4 Å². The van der Waals surface area contributed by atoms with E-state index in [1.54, 1.807) is 13.8 Å². The maximum absolute atomic E-state index is 13.1. The van der Waals surface area contributed by atoms with Crippen LogP contribution in [-0.2, 0) is 9.53 Å². The number of nitrogens with zero attached hydrogens (tertiary/aromatic N) is 2. The molecule has 3 aromatic rings. The van der Waals surface area contributed by atoms with Crippen molar-refractivity contribution >= 4 is 27.5 Å². The molecule has 130 valence electrons. The maximum Gasteiger partial charge on any atom is 0.328 e. The Morgan fingerprint density at radius 2 is 1.96 bits per heavy atom. The molecule has 2 heterocycles. The number of hydrogen-bond donors (Lipinski definition) is 0. The topological polar surface area (TPSA) is 61.2 Å². The van der Waals surface area contributed by atoms with Crippen molar-refractivity contribution in [2.75, 3.05) is 6.61 Å². The van der Waals surface area contributed by atoms with Crippen LogP contribution in [0.3, 0.4) is 0 Å². The Morgan fingerprint density at radius 1 is 1.28 bits per heavy atom. The SMILES string of the molecule is CCOC(=O)[C@H](C)n1cnc2sc(C)c(-c3ccc(C)cc3)c2c1=O. The van der Waals surface area contributed by atoms with Gasteiger partial charge in [0.25, 0.3) is 5.56 Å². The average molecular weight is 356 g/mol. The molecule has 0 aliphatic carbocycles. The first-order chi connectivity index (χ1) is 11.9. The lowest BCUT2D eigenvalue weighted by Gasteiger charge is -2.13. The summed E-state index contributed by atoms with van der Waals surface area (Å²) in [5, 5.41) is 0.560. The summed E-state index contributed by atoms with van der Waals surface area (Å²) in [7, 11) is 0. The molecule has 6 heteroatoms. The number of carbonyl (C=O) groups is 1. The first kappa shape index (κ1) is 17.4. The lowest BCUT2D eigenvalue weighted by Crippen LogP contribution is -2.29. The van der Waals surface area contributed by atoms with Gasteiger partial charge >= 0.3 is 5.97 Å².